The quantitative estimate of drug-likeness (QED) is 0.363. The van der Waals surface area contributed by atoms with Gasteiger partial charge < -0.3 is 16.0 Å². The number of carbonyl (C=O) groups is 1. The van der Waals surface area contributed by atoms with E-state index in [1.165, 1.54) is 13.2 Å². The summed E-state index contributed by atoms with van der Waals surface area (Å²) in [7, 11) is -2.36. The van der Waals surface area contributed by atoms with Crippen molar-refractivity contribution in [1.29, 1.82) is 0 Å². The summed E-state index contributed by atoms with van der Waals surface area (Å²) in [6.45, 7) is 5.21. The molecule has 0 radical (unpaired) electrons. The first-order valence-corrected chi connectivity index (χ1v) is 13.3. The van der Waals surface area contributed by atoms with E-state index in [1.54, 1.807) is 37.3 Å². The van der Waals surface area contributed by atoms with Crippen molar-refractivity contribution in [2.75, 3.05) is 28.2 Å². The van der Waals surface area contributed by atoms with Crippen molar-refractivity contribution in [2.45, 2.75) is 39.5 Å². The number of carbonyl (C=O) groups excluding carboxylic acids is 1. The predicted molar refractivity (Wildman–Crippen MR) is 139 cm³/mol. The van der Waals surface area contributed by atoms with Crippen LogP contribution in [0.5, 0.6) is 0 Å². The molecule has 1 aromatic carbocycles. The second kappa shape index (κ2) is 11.2. The van der Waals surface area contributed by atoms with E-state index in [0.29, 0.717) is 28.6 Å². The van der Waals surface area contributed by atoms with Crippen LogP contribution in [0, 0.1) is 6.92 Å². The Balaban J connectivity index is 1.93. The lowest BCUT2D eigenvalue weighted by molar-refractivity contribution is -0.137. The first-order chi connectivity index (χ1) is 17.7. The summed E-state index contributed by atoms with van der Waals surface area (Å²) in [6, 6.07) is 7.90. The number of halogens is 3. The maximum absolute atomic E-state index is 13.7. The standard InChI is InChI=1S/C24H28F3N7O3S/c1-14(2)31-22(35)16-9-8-15(3)19(11-16)32-23-30-13-18(24(25,26)27)20(33-23)29-12-17-7-6-10-28-21(17)34(4)38(5,36)37/h6-11,13-14H,12H2,1-5H3,(H,31,35)(H2,29,30,32,33). The van der Waals surface area contributed by atoms with Gasteiger partial charge in [0.2, 0.25) is 16.0 Å². The number of hydrogen-bond donors (Lipinski definition) is 3. The highest BCUT2D eigenvalue weighted by Gasteiger charge is 2.35. The van der Waals surface area contributed by atoms with Gasteiger partial charge in [-0.25, -0.2) is 18.4 Å². The summed E-state index contributed by atoms with van der Waals surface area (Å²) >= 11 is 0. The number of hydrogen-bond acceptors (Lipinski definition) is 8. The molecular weight excluding hydrogens is 523 g/mol. The molecule has 2 heterocycles. The number of aryl methyl sites for hydroxylation is 1. The molecule has 0 aliphatic carbocycles. The summed E-state index contributed by atoms with van der Waals surface area (Å²) < 4.78 is 66.0. The Labute approximate surface area is 218 Å². The van der Waals surface area contributed by atoms with Gasteiger partial charge in [-0.1, -0.05) is 12.1 Å². The highest BCUT2D eigenvalue weighted by molar-refractivity contribution is 7.92. The molecule has 204 valence electrons. The van der Waals surface area contributed by atoms with Crippen LogP contribution in [0.4, 0.5) is 36.4 Å². The van der Waals surface area contributed by atoms with E-state index < -0.39 is 27.6 Å². The molecule has 0 aliphatic heterocycles. The van der Waals surface area contributed by atoms with Crippen LogP contribution in [0.3, 0.4) is 0 Å². The largest absolute Gasteiger partial charge is 0.421 e. The molecule has 38 heavy (non-hydrogen) atoms. The molecule has 0 spiro atoms. The van der Waals surface area contributed by atoms with E-state index in [1.807, 2.05) is 13.8 Å². The molecule has 0 aliphatic rings. The molecule has 0 saturated carbocycles. The topological polar surface area (TPSA) is 129 Å². The van der Waals surface area contributed by atoms with Gasteiger partial charge in [-0.3, -0.25) is 9.10 Å². The maximum Gasteiger partial charge on any atom is 0.421 e. The zero-order valence-electron chi connectivity index (χ0n) is 21.4. The Morgan fingerprint density at radius 1 is 1.16 bits per heavy atom. The summed E-state index contributed by atoms with van der Waals surface area (Å²) in [4.78, 5) is 24.3. The minimum atomic E-state index is -4.76. The van der Waals surface area contributed by atoms with Gasteiger partial charge in [0.1, 0.15) is 17.2 Å². The number of rotatable bonds is 9. The van der Waals surface area contributed by atoms with Gasteiger partial charge in [0.25, 0.3) is 5.91 Å². The van der Waals surface area contributed by atoms with Crippen molar-refractivity contribution in [3.8, 4) is 0 Å². The number of nitrogens with zero attached hydrogens (tertiary/aromatic N) is 4. The van der Waals surface area contributed by atoms with Gasteiger partial charge >= 0.3 is 6.18 Å². The molecule has 10 nitrogen and oxygen atoms in total. The molecule has 3 N–H and O–H groups in total. The summed E-state index contributed by atoms with van der Waals surface area (Å²) in [5.41, 5.74) is 0.744. The molecule has 0 fully saturated rings. The molecule has 1 amide bonds. The lowest BCUT2D eigenvalue weighted by Crippen LogP contribution is -2.30. The Bertz CT molecular complexity index is 1430. The lowest BCUT2D eigenvalue weighted by atomic mass is 10.1. The van der Waals surface area contributed by atoms with Crippen LogP contribution in [-0.4, -0.2) is 48.6 Å². The third-order valence-corrected chi connectivity index (χ3v) is 6.54. The molecular formula is C24H28F3N7O3S. The first-order valence-electron chi connectivity index (χ1n) is 11.4. The van der Waals surface area contributed by atoms with Crippen molar-refractivity contribution >= 4 is 39.2 Å². The molecule has 0 atom stereocenters. The van der Waals surface area contributed by atoms with E-state index >= 15 is 0 Å². The summed E-state index contributed by atoms with van der Waals surface area (Å²) in [5, 5.41) is 8.29. The van der Waals surface area contributed by atoms with Gasteiger partial charge in [0, 0.05) is 48.8 Å². The van der Waals surface area contributed by atoms with Gasteiger partial charge in [-0.05, 0) is 44.5 Å². The summed E-state index contributed by atoms with van der Waals surface area (Å²) in [6.07, 6.45) is -1.74. The number of sulfonamides is 1. The number of amides is 1. The fourth-order valence-electron chi connectivity index (χ4n) is 3.34. The van der Waals surface area contributed by atoms with Crippen molar-refractivity contribution in [3.63, 3.8) is 0 Å². The van der Waals surface area contributed by atoms with Crippen LogP contribution in [0.25, 0.3) is 0 Å². The SMILES string of the molecule is Cc1ccc(C(=O)NC(C)C)cc1Nc1ncc(C(F)(F)F)c(NCc2cccnc2N(C)S(C)(=O)=O)n1. The lowest BCUT2D eigenvalue weighted by Gasteiger charge is -2.20. The van der Waals surface area contributed by atoms with Crippen molar-refractivity contribution in [2.24, 2.45) is 0 Å². The van der Waals surface area contributed by atoms with Gasteiger partial charge in [-0.15, -0.1) is 0 Å². The normalized spacial score (nSPS) is 11.8. The monoisotopic (exact) mass is 551 g/mol. The smallest absolute Gasteiger partial charge is 0.365 e. The van der Waals surface area contributed by atoms with Crippen LogP contribution < -0.4 is 20.3 Å². The highest BCUT2D eigenvalue weighted by atomic mass is 32.2. The molecule has 3 rings (SSSR count). The minimum absolute atomic E-state index is 0.0653. The number of benzene rings is 1. The molecule has 0 bridgehead atoms. The van der Waals surface area contributed by atoms with E-state index in [-0.39, 0.29) is 30.3 Å². The maximum atomic E-state index is 13.7. The average molecular weight is 552 g/mol. The highest BCUT2D eigenvalue weighted by Crippen LogP contribution is 2.35. The molecule has 0 saturated heterocycles. The molecule has 0 unspecified atom stereocenters. The van der Waals surface area contributed by atoms with E-state index in [4.69, 9.17) is 0 Å². The van der Waals surface area contributed by atoms with Gasteiger partial charge in [0.05, 0.1) is 6.26 Å². The van der Waals surface area contributed by atoms with Crippen LogP contribution in [0.2, 0.25) is 0 Å². The molecule has 2 aromatic heterocycles. The Morgan fingerprint density at radius 2 is 1.87 bits per heavy atom. The van der Waals surface area contributed by atoms with Crippen molar-refractivity contribution in [3.05, 3.63) is 65.0 Å². The fourth-order valence-corrected chi connectivity index (χ4v) is 3.81. The number of anilines is 4. The summed E-state index contributed by atoms with van der Waals surface area (Å²) in [5.74, 6) is -0.886. The Kier molecular flexibility index (Phi) is 8.44. The number of nitrogens with one attached hydrogen (secondary N) is 3. The second-order valence-electron chi connectivity index (χ2n) is 8.81. The van der Waals surface area contributed by atoms with Gasteiger partial charge in [0.15, 0.2) is 0 Å². The zero-order valence-corrected chi connectivity index (χ0v) is 22.2. The van der Waals surface area contributed by atoms with Crippen LogP contribution >= 0.6 is 0 Å². The second-order valence-corrected chi connectivity index (χ2v) is 10.8. The average Bonchev–Trinajstić information content (AvgIpc) is 2.82. The third kappa shape index (κ3) is 7.09. The Morgan fingerprint density at radius 3 is 2.50 bits per heavy atom. The molecule has 3 aromatic rings. The van der Waals surface area contributed by atoms with E-state index in [2.05, 4.69) is 30.9 Å². The van der Waals surface area contributed by atoms with Crippen molar-refractivity contribution < 1.29 is 26.4 Å². The van der Waals surface area contributed by atoms with Gasteiger partial charge in [-0.2, -0.15) is 18.2 Å². The van der Waals surface area contributed by atoms with E-state index in [0.717, 1.165) is 10.6 Å². The number of pyridine rings is 1. The fraction of sp³-hybridized carbons (Fsp3) is 0.333. The predicted octanol–water partition coefficient (Wildman–Crippen LogP) is 4.09. The first kappa shape index (κ1) is 28.6. The molecule has 14 heteroatoms. The van der Waals surface area contributed by atoms with Crippen LogP contribution in [0.15, 0.2) is 42.7 Å². The van der Waals surface area contributed by atoms with Crippen LogP contribution in [-0.2, 0) is 22.7 Å². The third-order valence-electron chi connectivity index (χ3n) is 5.37. The van der Waals surface area contributed by atoms with E-state index in [9.17, 15) is 26.4 Å². The number of alkyl halides is 3. The van der Waals surface area contributed by atoms with Crippen LogP contribution in [0.1, 0.15) is 40.9 Å². The Hall–Kier alpha value is -3.94. The number of aromatic nitrogens is 3. The zero-order chi connectivity index (χ0) is 28.3. The minimum Gasteiger partial charge on any atom is -0.365 e. The van der Waals surface area contributed by atoms with Crippen molar-refractivity contribution in [1.82, 2.24) is 20.3 Å².